The number of H-pyrrole nitrogens is 1. The highest BCUT2D eigenvalue weighted by Gasteiger charge is 2.32. The molecule has 0 aliphatic rings. The number of rotatable bonds is 8. The molecule has 0 aromatic carbocycles. The first-order chi connectivity index (χ1) is 9.61. The van der Waals surface area contributed by atoms with Gasteiger partial charge in [-0.05, 0) is 0 Å². The fraction of sp³-hybridized carbons (Fsp3) is 0.583. The van der Waals surface area contributed by atoms with Crippen LogP contribution in [-0.4, -0.2) is 75.6 Å². The molecule has 11 heteroatoms. The van der Waals surface area contributed by atoms with Crippen LogP contribution in [0.3, 0.4) is 0 Å². The van der Waals surface area contributed by atoms with E-state index in [2.05, 4.69) is 15.7 Å². The van der Waals surface area contributed by atoms with Crippen LogP contribution in [0.4, 0.5) is 0 Å². The summed E-state index contributed by atoms with van der Waals surface area (Å²) in [5.74, 6) is -1.51. The molecular formula is C12H22Cl2N4O4S. The lowest BCUT2D eigenvalue weighted by atomic mass is 10.1. The molecular weight excluding hydrogens is 367 g/mol. The maximum atomic E-state index is 11.3. The highest BCUT2D eigenvalue weighted by molar-refractivity contribution is 7.99. The number of carboxylic acid groups (broad SMARTS) is 2. The first-order valence-corrected chi connectivity index (χ1v) is 7.36. The van der Waals surface area contributed by atoms with Gasteiger partial charge in [0.25, 0.3) is 0 Å². The molecule has 6 N–H and O–H groups in total. The molecule has 23 heavy (non-hydrogen) atoms. The average Bonchev–Trinajstić information content (AvgIpc) is 2.78. The number of hydrogen-bond acceptors (Lipinski definition) is 4. The van der Waals surface area contributed by atoms with E-state index < -0.39 is 24.0 Å². The van der Waals surface area contributed by atoms with E-state index in [4.69, 9.17) is 5.11 Å². The number of likely N-dealkylation sites (N-methyl/N-ethyl adjacent to an activating group) is 1. The first-order valence-electron chi connectivity index (χ1n) is 6.37. The van der Waals surface area contributed by atoms with E-state index in [0.29, 0.717) is 27.5 Å². The number of halogens is 2. The lowest BCUT2D eigenvalue weighted by Gasteiger charge is -2.30. The van der Waals surface area contributed by atoms with Crippen molar-refractivity contribution in [2.45, 2.75) is 23.7 Å². The molecule has 0 aliphatic heterocycles. The summed E-state index contributed by atoms with van der Waals surface area (Å²) in [4.78, 5) is 29.2. The van der Waals surface area contributed by atoms with E-state index in [-0.39, 0.29) is 24.8 Å². The highest BCUT2D eigenvalue weighted by atomic mass is 35.5. The molecule has 0 aliphatic carbocycles. The van der Waals surface area contributed by atoms with Gasteiger partial charge < -0.3 is 50.2 Å². The van der Waals surface area contributed by atoms with Crippen LogP contribution in [0.2, 0.25) is 0 Å². The van der Waals surface area contributed by atoms with Crippen molar-refractivity contribution < 1.29 is 54.8 Å². The maximum Gasteiger partial charge on any atom is 0.363 e. The van der Waals surface area contributed by atoms with Crippen molar-refractivity contribution in [1.82, 2.24) is 9.97 Å². The monoisotopic (exact) mass is 388 g/mol. The number of aromatic nitrogens is 2. The Morgan fingerprint density at radius 2 is 1.87 bits per heavy atom. The van der Waals surface area contributed by atoms with Gasteiger partial charge >= 0.3 is 11.9 Å². The third-order valence-electron chi connectivity index (χ3n) is 3.01. The van der Waals surface area contributed by atoms with Gasteiger partial charge in [0, 0.05) is 11.9 Å². The maximum absolute atomic E-state index is 11.3. The molecule has 1 heterocycles. The van der Waals surface area contributed by atoms with Gasteiger partial charge in [0.2, 0.25) is 0 Å². The van der Waals surface area contributed by atoms with E-state index in [0.717, 1.165) is 0 Å². The molecule has 0 radical (unpaired) electrons. The Morgan fingerprint density at radius 3 is 2.30 bits per heavy atom. The average molecular weight is 389 g/mol. The Kier molecular flexibility index (Phi) is 10.5. The Morgan fingerprint density at radius 1 is 1.30 bits per heavy atom. The van der Waals surface area contributed by atoms with E-state index in [1.807, 2.05) is 21.1 Å². The molecule has 1 aromatic heterocycles. The first kappa shape index (κ1) is 24.3. The molecule has 1 aromatic rings. The van der Waals surface area contributed by atoms with Gasteiger partial charge in [-0.3, -0.25) is 0 Å². The van der Waals surface area contributed by atoms with Crippen molar-refractivity contribution >= 4 is 23.7 Å². The molecule has 2 unspecified atom stereocenters. The highest BCUT2D eigenvalue weighted by Crippen LogP contribution is 2.17. The minimum Gasteiger partial charge on any atom is -1.00 e. The third kappa shape index (κ3) is 7.89. The van der Waals surface area contributed by atoms with Gasteiger partial charge in [-0.15, -0.1) is 0 Å². The molecule has 134 valence electrons. The molecule has 1 rings (SSSR count). The predicted octanol–water partition coefficient (Wildman–Crippen LogP) is -7.09. The van der Waals surface area contributed by atoms with Gasteiger partial charge in [0.05, 0.1) is 33.3 Å². The molecule has 8 nitrogen and oxygen atoms in total. The summed E-state index contributed by atoms with van der Waals surface area (Å²) >= 11 is 1.26. The van der Waals surface area contributed by atoms with E-state index in [1.54, 1.807) is 6.20 Å². The third-order valence-corrected chi connectivity index (χ3v) is 4.06. The van der Waals surface area contributed by atoms with Gasteiger partial charge in [0.15, 0.2) is 17.2 Å². The van der Waals surface area contributed by atoms with Crippen LogP contribution >= 0.6 is 11.8 Å². The number of nitrogens with one attached hydrogen (secondary N) is 1. The molecule has 0 bridgehead atoms. The lowest BCUT2D eigenvalue weighted by molar-refractivity contribution is -0.887. The van der Waals surface area contributed by atoms with Crippen LogP contribution in [0.5, 0.6) is 0 Å². The van der Waals surface area contributed by atoms with Crippen molar-refractivity contribution in [3.8, 4) is 0 Å². The minimum absolute atomic E-state index is 0. The van der Waals surface area contributed by atoms with E-state index >= 15 is 0 Å². The second-order valence-corrected chi connectivity index (χ2v) is 6.74. The summed E-state index contributed by atoms with van der Waals surface area (Å²) in [5.41, 5.74) is 4.24. The fourth-order valence-electron chi connectivity index (χ4n) is 1.67. The van der Waals surface area contributed by atoms with Crippen molar-refractivity contribution in [2.75, 3.05) is 26.9 Å². The Labute approximate surface area is 151 Å². The standard InChI is InChI=1S/C12H20N4O4S.2ClH/c1-16(2,3)9(11(19)20)4-7-5-14-12(15-7)21-6-8(13)10(17)18;;/h5,8-9H,4,6,13H2,1-3H3,(H2-,14,15,17,18,19,20);2*1H. The van der Waals surface area contributed by atoms with Gasteiger partial charge in [-0.25, -0.2) is 14.6 Å². The van der Waals surface area contributed by atoms with Gasteiger partial charge in [-0.2, -0.15) is 0 Å². The summed E-state index contributed by atoms with van der Waals surface area (Å²) in [6.07, 6.45) is 1.92. The molecule has 0 saturated heterocycles. The quantitative estimate of drug-likeness (QED) is 0.258. The molecule has 0 saturated carbocycles. The smallest absolute Gasteiger partial charge is 0.363 e. The zero-order valence-corrected chi connectivity index (χ0v) is 15.5. The summed E-state index contributed by atoms with van der Waals surface area (Å²) in [6.45, 7) is 0. The van der Waals surface area contributed by atoms with E-state index in [1.165, 1.54) is 11.8 Å². The number of carboxylic acids is 2. The Bertz CT molecular complexity index is 521. The Balaban J connectivity index is 0. The number of aromatic amines is 1. The number of quaternary nitrogens is 2. The van der Waals surface area contributed by atoms with E-state index in [9.17, 15) is 14.7 Å². The second kappa shape index (κ2) is 9.99. The topological polar surface area (TPSA) is 131 Å². The van der Waals surface area contributed by atoms with Crippen LogP contribution in [0.25, 0.3) is 0 Å². The van der Waals surface area contributed by atoms with Crippen LogP contribution in [0.15, 0.2) is 11.4 Å². The SMILES string of the molecule is C[N+](C)(C)C(Cc1cnc(SCC([NH3+])C(=O)O)[nH]1)C(=O)O.[Cl-].[Cl-]. The Hall–Kier alpha value is -1.00. The summed E-state index contributed by atoms with van der Waals surface area (Å²) in [7, 11) is 5.47. The predicted molar refractivity (Wildman–Crippen MR) is 76.8 cm³/mol. The molecule has 0 spiro atoms. The number of hydrogen-bond donors (Lipinski definition) is 4. The largest absolute Gasteiger partial charge is 1.00 e. The van der Waals surface area contributed by atoms with Crippen molar-refractivity contribution in [1.29, 1.82) is 0 Å². The number of imidazole rings is 1. The zero-order valence-electron chi connectivity index (χ0n) is 13.1. The van der Waals surface area contributed by atoms with Crippen LogP contribution in [0, 0.1) is 0 Å². The molecule has 2 atom stereocenters. The van der Waals surface area contributed by atoms with Crippen LogP contribution in [0.1, 0.15) is 5.69 Å². The molecule has 0 fully saturated rings. The van der Waals surface area contributed by atoms with Crippen molar-refractivity contribution in [3.05, 3.63) is 11.9 Å². The number of nitrogens with zero attached hydrogens (tertiary/aromatic N) is 2. The summed E-state index contributed by atoms with van der Waals surface area (Å²) in [6, 6.07) is -1.29. The fourth-order valence-corrected chi connectivity index (χ4v) is 2.50. The number of thioether (sulfide) groups is 1. The number of aliphatic carboxylic acids is 2. The summed E-state index contributed by atoms with van der Waals surface area (Å²) in [5, 5.41) is 18.6. The van der Waals surface area contributed by atoms with Crippen molar-refractivity contribution in [2.24, 2.45) is 0 Å². The van der Waals surface area contributed by atoms with Gasteiger partial charge in [0.1, 0.15) is 0 Å². The normalized spacial score (nSPS) is 13.4. The lowest BCUT2D eigenvalue weighted by Crippen LogP contribution is -3.00. The zero-order chi connectivity index (χ0) is 16.2. The summed E-state index contributed by atoms with van der Waals surface area (Å²) < 4.78 is 0.302. The molecule has 0 amide bonds. The second-order valence-electron chi connectivity index (χ2n) is 5.73. The number of carbonyl (C=O) groups is 2. The van der Waals surface area contributed by atoms with Crippen LogP contribution in [-0.2, 0) is 16.0 Å². The van der Waals surface area contributed by atoms with Crippen molar-refractivity contribution in [3.63, 3.8) is 0 Å². The van der Waals surface area contributed by atoms with Gasteiger partial charge in [-0.1, -0.05) is 11.8 Å². The minimum atomic E-state index is -0.953. The van der Waals surface area contributed by atoms with Crippen LogP contribution < -0.4 is 30.5 Å².